The SMILES string of the molecule is CCNC(c1ccc(C)c(Cl)c1)C(C)c1ccccc1. The van der Waals surface area contributed by atoms with E-state index in [-0.39, 0.29) is 6.04 Å². The van der Waals surface area contributed by atoms with Crippen molar-refractivity contribution in [3.8, 4) is 0 Å². The summed E-state index contributed by atoms with van der Waals surface area (Å²) >= 11 is 6.28. The molecule has 2 aromatic carbocycles. The van der Waals surface area contributed by atoms with Crippen molar-refractivity contribution >= 4 is 11.6 Å². The van der Waals surface area contributed by atoms with Gasteiger partial charge in [-0.25, -0.2) is 0 Å². The first-order valence-electron chi connectivity index (χ1n) is 7.18. The molecule has 0 bridgehead atoms. The zero-order valence-corrected chi connectivity index (χ0v) is 13.1. The Balaban J connectivity index is 2.33. The third-order valence-corrected chi connectivity index (χ3v) is 4.21. The molecule has 0 saturated carbocycles. The summed E-state index contributed by atoms with van der Waals surface area (Å²) in [6, 6.07) is 17.3. The van der Waals surface area contributed by atoms with Crippen molar-refractivity contribution in [3.63, 3.8) is 0 Å². The Morgan fingerprint density at radius 3 is 2.35 bits per heavy atom. The second kappa shape index (κ2) is 6.92. The molecule has 0 spiro atoms. The van der Waals surface area contributed by atoms with Gasteiger partial charge in [0, 0.05) is 17.0 Å². The van der Waals surface area contributed by atoms with Crippen molar-refractivity contribution in [1.82, 2.24) is 5.32 Å². The van der Waals surface area contributed by atoms with E-state index in [1.807, 2.05) is 6.92 Å². The lowest BCUT2D eigenvalue weighted by Crippen LogP contribution is -2.25. The molecule has 0 amide bonds. The highest BCUT2D eigenvalue weighted by molar-refractivity contribution is 6.31. The lowest BCUT2D eigenvalue weighted by molar-refractivity contribution is 0.479. The first-order chi connectivity index (χ1) is 9.63. The first-order valence-corrected chi connectivity index (χ1v) is 7.55. The number of benzene rings is 2. The van der Waals surface area contributed by atoms with Crippen LogP contribution in [0.3, 0.4) is 0 Å². The minimum absolute atomic E-state index is 0.278. The van der Waals surface area contributed by atoms with Crippen LogP contribution in [-0.4, -0.2) is 6.54 Å². The van der Waals surface area contributed by atoms with Gasteiger partial charge in [-0.15, -0.1) is 0 Å². The van der Waals surface area contributed by atoms with Crippen molar-refractivity contribution < 1.29 is 0 Å². The van der Waals surface area contributed by atoms with Crippen LogP contribution in [0.1, 0.15) is 42.5 Å². The van der Waals surface area contributed by atoms with Crippen molar-refractivity contribution in [3.05, 3.63) is 70.2 Å². The molecule has 0 aliphatic heterocycles. The monoisotopic (exact) mass is 287 g/mol. The maximum absolute atomic E-state index is 6.28. The van der Waals surface area contributed by atoms with Gasteiger partial charge < -0.3 is 5.32 Å². The zero-order valence-electron chi connectivity index (χ0n) is 12.4. The second-order valence-electron chi connectivity index (χ2n) is 5.24. The van der Waals surface area contributed by atoms with Crippen LogP contribution in [0.5, 0.6) is 0 Å². The summed E-state index contributed by atoms with van der Waals surface area (Å²) in [4.78, 5) is 0. The fourth-order valence-corrected chi connectivity index (χ4v) is 2.74. The second-order valence-corrected chi connectivity index (χ2v) is 5.65. The summed E-state index contributed by atoms with van der Waals surface area (Å²) in [7, 11) is 0. The van der Waals surface area contributed by atoms with E-state index < -0.39 is 0 Å². The normalized spacial score (nSPS) is 14.0. The van der Waals surface area contributed by atoms with Gasteiger partial charge in [0.2, 0.25) is 0 Å². The predicted molar refractivity (Wildman–Crippen MR) is 87.5 cm³/mol. The highest BCUT2D eigenvalue weighted by Gasteiger charge is 2.20. The van der Waals surface area contributed by atoms with E-state index in [0.29, 0.717) is 5.92 Å². The molecule has 0 aromatic heterocycles. The number of likely N-dealkylation sites (N-methyl/N-ethyl adjacent to an activating group) is 1. The Morgan fingerprint density at radius 2 is 1.75 bits per heavy atom. The fraction of sp³-hybridized carbons (Fsp3) is 0.333. The Labute approximate surface area is 127 Å². The molecule has 0 saturated heterocycles. The molecule has 1 nitrogen and oxygen atoms in total. The molecule has 2 unspecified atom stereocenters. The molecule has 2 rings (SSSR count). The van der Waals surface area contributed by atoms with Gasteiger partial charge >= 0.3 is 0 Å². The molecular weight excluding hydrogens is 266 g/mol. The van der Waals surface area contributed by atoms with Crippen LogP contribution in [0.2, 0.25) is 5.02 Å². The summed E-state index contributed by atoms with van der Waals surface area (Å²) in [6.45, 7) is 7.37. The van der Waals surface area contributed by atoms with Crippen LogP contribution >= 0.6 is 11.6 Å². The summed E-state index contributed by atoms with van der Waals surface area (Å²) in [5, 5.41) is 4.42. The first kappa shape index (κ1) is 15.1. The van der Waals surface area contributed by atoms with Crippen molar-refractivity contribution in [1.29, 1.82) is 0 Å². The largest absolute Gasteiger partial charge is 0.310 e. The van der Waals surface area contributed by atoms with Gasteiger partial charge in [-0.2, -0.15) is 0 Å². The number of rotatable bonds is 5. The third-order valence-electron chi connectivity index (χ3n) is 3.80. The van der Waals surface area contributed by atoms with Gasteiger partial charge in [0.25, 0.3) is 0 Å². The maximum Gasteiger partial charge on any atom is 0.0438 e. The van der Waals surface area contributed by atoms with Crippen LogP contribution in [0.15, 0.2) is 48.5 Å². The maximum atomic E-state index is 6.28. The van der Waals surface area contributed by atoms with Gasteiger partial charge in [0.05, 0.1) is 0 Å². The van der Waals surface area contributed by atoms with E-state index in [1.54, 1.807) is 0 Å². The summed E-state index contributed by atoms with van der Waals surface area (Å²) in [5.41, 5.74) is 3.71. The van der Waals surface area contributed by atoms with E-state index in [0.717, 1.165) is 17.1 Å². The van der Waals surface area contributed by atoms with Crippen LogP contribution in [0, 0.1) is 6.92 Å². The Morgan fingerprint density at radius 1 is 1.05 bits per heavy atom. The molecule has 0 aliphatic rings. The van der Waals surface area contributed by atoms with E-state index in [1.165, 1.54) is 11.1 Å². The summed E-state index contributed by atoms with van der Waals surface area (Å²) in [6.07, 6.45) is 0. The Hall–Kier alpha value is -1.31. The number of halogens is 1. The van der Waals surface area contributed by atoms with E-state index in [9.17, 15) is 0 Å². The van der Waals surface area contributed by atoms with Gasteiger partial charge in [0.1, 0.15) is 0 Å². The minimum Gasteiger partial charge on any atom is -0.310 e. The zero-order chi connectivity index (χ0) is 14.5. The summed E-state index contributed by atoms with van der Waals surface area (Å²) < 4.78 is 0. The van der Waals surface area contributed by atoms with Crippen LogP contribution < -0.4 is 5.32 Å². The molecule has 1 N–H and O–H groups in total. The molecular formula is C18H22ClN. The fourth-order valence-electron chi connectivity index (χ4n) is 2.55. The molecule has 0 aliphatic carbocycles. The topological polar surface area (TPSA) is 12.0 Å². The predicted octanol–water partition coefficient (Wildman–Crippen LogP) is 5.10. The molecule has 2 atom stereocenters. The van der Waals surface area contributed by atoms with Crippen LogP contribution in [0.25, 0.3) is 0 Å². The van der Waals surface area contributed by atoms with E-state index in [4.69, 9.17) is 11.6 Å². The van der Waals surface area contributed by atoms with E-state index >= 15 is 0 Å². The van der Waals surface area contributed by atoms with E-state index in [2.05, 4.69) is 67.7 Å². The molecule has 2 aromatic rings. The molecule has 106 valence electrons. The average molecular weight is 288 g/mol. The number of nitrogens with one attached hydrogen (secondary N) is 1. The standard InChI is InChI=1S/C18H22ClN/c1-4-20-18(14(3)15-8-6-5-7-9-15)16-11-10-13(2)17(19)12-16/h5-12,14,18,20H,4H2,1-3H3. The lowest BCUT2D eigenvalue weighted by Gasteiger charge is -2.26. The highest BCUT2D eigenvalue weighted by Crippen LogP contribution is 2.32. The highest BCUT2D eigenvalue weighted by atomic mass is 35.5. The minimum atomic E-state index is 0.278. The molecule has 2 heteroatoms. The molecule has 20 heavy (non-hydrogen) atoms. The van der Waals surface area contributed by atoms with Gasteiger partial charge in [-0.3, -0.25) is 0 Å². The third kappa shape index (κ3) is 3.41. The van der Waals surface area contributed by atoms with Gasteiger partial charge in [0.15, 0.2) is 0 Å². The summed E-state index contributed by atoms with van der Waals surface area (Å²) in [5.74, 6) is 0.398. The van der Waals surface area contributed by atoms with Crippen molar-refractivity contribution in [2.45, 2.75) is 32.7 Å². The molecule has 0 fully saturated rings. The molecule has 0 heterocycles. The van der Waals surface area contributed by atoms with Crippen molar-refractivity contribution in [2.24, 2.45) is 0 Å². The van der Waals surface area contributed by atoms with Gasteiger partial charge in [-0.05, 0) is 36.2 Å². The molecule has 0 radical (unpaired) electrons. The van der Waals surface area contributed by atoms with Crippen LogP contribution in [0.4, 0.5) is 0 Å². The Kier molecular flexibility index (Phi) is 5.22. The lowest BCUT2D eigenvalue weighted by atomic mass is 9.88. The van der Waals surface area contributed by atoms with Crippen molar-refractivity contribution in [2.75, 3.05) is 6.54 Å². The number of hydrogen-bond acceptors (Lipinski definition) is 1. The number of hydrogen-bond donors (Lipinski definition) is 1. The average Bonchev–Trinajstić information content (AvgIpc) is 2.48. The smallest absolute Gasteiger partial charge is 0.0438 e. The quantitative estimate of drug-likeness (QED) is 0.806. The van der Waals surface area contributed by atoms with Crippen LogP contribution in [-0.2, 0) is 0 Å². The number of aryl methyl sites for hydroxylation is 1. The van der Waals surface area contributed by atoms with Gasteiger partial charge in [-0.1, -0.05) is 67.9 Å². The Bertz CT molecular complexity index is 551.